The quantitative estimate of drug-likeness (QED) is 0.0253. The molecule has 1 aromatic rings. The van der Waals surface area contributed by atoms with E-state index in [4.69, 9.17) is 30.2 Å². The summed E-state index contributed by atoms with van der Waals surface area (Å²) in [5, 5.41) is 20.0. The number of nitrogens with zero attached hydrogens (tertiary/aromatic N) is 2. The fraction of sp³-hybridized carbons (Fsp3) is 0.618. The van der Waals surface area contributed by atoms with E-state index >= 15 is 0 Å². The molecule has 1 rings (SSSR count). The van der Waals surface area contributed by atoms with Crippen LogP contribution < -0.4 is 0 Å². The Labute approximate surface area is 280 Å². The van der Waals surface area contributed by atoms with Gasteiger partial charge in [-0.3, -0.25) is 24.0 Å². The predicted molar refractivity (Wildman–Crippen MR) is 185 cm³/mol. The Morgan fingerprint density at radius 2 is 1.46 bits per heavy atom. The zero-order chi connectivity index (χ0) is 34.4. The van der Waals surface area contributed by atoms with Crippen LogP contribution in [0.5, 0.6) is 0 Å². The van der Waals surface area contributed by atoms with Gasteiger partial charge in [-0.2, -0.15) is 0 Å². The summed E-state index contributed by atoms with van der Waals surface area (Å²) >= 11 is 5.87. The van der Waals surface area contributed by atoms with Gasteiger partial charge < -0.3 is 9.52 Å². The Kier molecular flexibility index (Phi) is 21.5. The van der Waals surface area contributed by atoms with Crippen LogP contribution in [0.15, 0.2) is 63.1 Å². The lowest BCUT2D eigenvalue weighted by molar-refractivity contribution is -0.402. The van der Waals surface area contributed by atoms with Crippen molar-refractivity contribution >= 4 is 31.2 Å². The third-order valence-corrected chi connectivity index (χ3v) is 9.52. The minimum absolute atomic E-state index is 0.000395. The van der Waals surface area contributed by atoms with Gasteiger partial charge in [0.25, 0.3) is 0 Å². The van der Waals surface area contributed by atoms with Crippen molar-refractivity contribution in [1.82, 2.24) is 4.67 Å². The van der Waals surface area contributed by atoms with Crippen LogP contribution in [-0.2, 0) is 25.0 Å². The zero-order valence-corrected chi connectivity index (χ0v) is 30.0. The summed E-state index contributed by atoms with van der Waals surface area (Å²) in [6.07, 6.45) is 16.9. The standard InChI is InChI=1S/C34H54ClN2O8P/c1-28(2)13-10-14-29(3)15-11-16-30(4)17-12-18-31(5)22-26-43-46(42,44-27-32-20-21-33(45-32)37(40)41)36(25-9-7-23-35)24-8-6-19-34(38)39/h13,15,17,20-22H,6-12,14,16,18-19,23-27H2,1-5H3,(H,38,39). The predicted octanol–water partition coefficient (Wildman–Crippen LogP) is 10.6. The number of hydrogen-bond acceptors (Lipinski definition) is 7. The van der Waals surface area contributed by atoms with Crippen molar-refractivity contribution in [3.8, 4) is 0 Å². The average Bonchev–Trinajstić information content (AvgIpc) is 3.47. The molecule has 0 aliphatic carbocycles. The molecule has 0 fully saturated rings. The van der Waals surface area contributed by atoms with Gasteiger partial charge in [0.2, 0.25) is 0 Å². The van der Waals surface area contributed by atoms with E-state index in [0.717, 1.165) is 44.1 Å². The molecular weight excluding hydrogens is 631 g/mol. The van der Waals surface area contributed by atoms with Crippen LogP contribution in [0, 0.1) is 10.1 Å². The molecular formula is C34H54ClN2O8P. The number of carbonyl (C=O) groups is 1. The van der Waals surface area contributed by atoms with Gasteiger partial charge in [0, 0.05) is 25.4 Å². The molecule has 0 amide bonds. The minimum atomic E-state index is -3.90. The van der Waals surface area contributed by atoms with Gasteiger partial charge in [-0.1, -0.05) is 46.6 Å². The summed E-state index contributed by atoms with van der Waals surface area (Å²) in [5.74, 6) is -0.749. The van der Waals surface area contributed by atoms with Crippen molar-refractivity contribution in [1.29, 1.82) is 0 Å². The van der Waals surface area contributed by atoms with Crippen LogP contribution >= 0.6 is 19.3 Å². The highest BCUT2D eigenvalue weighted by Crippen LogP contribution is 2.53. The SMILES string of the molecule is CC(C)=CCCC(C)=CCCC(C)=CCCC(C)=CCOP(=O)(OCc1ccc([N+](=O)[O-])o1)N(CCCCCl)CCCCC(=O)O. The molecule has 1 unspecified atom stereocenters. The maximum absolute atomic E-state index is 14.2. The van der Waals surface area contributed by atoms with Crippen molar-refractivity contribution in [2.24, 2.45) is 0 Å². The summed E-state index contributed by atoms with van der Waals surface area (Å²) in [5.41, 5.74) is 5.22. The normalized spacial score (nSPS) is 14.0. The molecule has 0 radical (unpaired) electrons. The number of halogens is 1. The molecule has 0 aliphatic heterocycles. The van der Waals surface area contributed by atoms with Crippen LogP contribution in [0.2, 0.25) is 0 Å². The molecule has 0 spiro atoms. The number of alkyl halides is 1. The molecule has 1 heterocycles. The number of unbranched alkanes of at least 4 members (excludes halogenated alkanes) is 2. The second kappa shape index (κ2) is 23.8. The highest BCUT2D eigenvalue weighted by Gasteiger charge is 2.34. The van der Waals surface area contributed by atoms with E-state index in [2.05, 4.69) is 45.9 Å². The molecule has 0 aliphatic rings. The van der Waals surface area contributed by atoms with Gasteiger partial charge in [-0.05, 0) is 105 Å². The van der Waals surface area contributed by atoms with Gasteiger partial charge >= 0.3 is 19.6 Å². The third kappa shape index (κ3) is 19.2. The smallest absolute Gasteiger partial charge is 0.433 e. The zero-order valence-electron chi connectivity index (χ0n) is 28.3. The van der Waals surface area contributed by atoms with Crippen molar-refractivity contribution < 1.29 is 32.9 Å². The Hall–Kier alpha value is -2.49. The lowest BCUT2D eigenvalue weighted by atomic mass is 10.0. The van der Waals surface area contributed by atoms with E-state index in [1.807, 2.05) is 13.0 Å². The van der Waals surface area contributed by atoms with E-state index in [1.54, 1.807) is 4.67 Å². The Balaban J connectivity index is 2.84. The Morgan fingerprint density at radius 1 is 0.891 bits per heavy atom. The highest BCUT2D eigenvalue weighted by atomic mass is 35.5. The molecule has 10 nitrogen and oxygen atoms in total. The first-order valence-corrected chi connectivity index (χ1v) is 18.1. The first-order valence-electron chi connectivity index (χ1n) is 16.1. The van der Waals surface area contributed by atoms with Crippen LogP contribution in [0.25, 0.3) is 0 Å². The maximum Gasteiger partial charge on any atom is 0.433 e. The van der Waals surface area contributed by atoms with Crippen LogP contribution in [0.3, 0.4) is 0 Å². The number of allylic oxidation sites excluding steroid dienone is 7. The van der Waals surface area contributed by atoms with Crippen LogP contribution in [0.4, 0.5) is 5.88 Å². The van der Waals surface area contributed by atoms with Crippen LogP contribution in [0.1, 0.15) is 111 Å². The van der Waals surface area contributed by atoms with Crippen LogP contribution in [-0.4, -0.2) is 46.2 Å². The number of hydrogen-bond donors (Lipinski definition) is 1. The van der Waals surface area contributed by atoms with Gasteiger partial charge in [0.1, 0.15) is 17.3 Å². The summed E-state index contributed by atoms with van der Waals surface area (Å²) in [6.45, 7) is 11.0. The lowest BCUT2D eigenvalue weighted by Gasteiger charge is -2.30. The number of aliphatic carboxylic acids is 1. The number of nitro groups is 1. The summed E-state index contributed by atoms with van der Waals surface area (Å²) in [4.78, 5) is 21.4. The molecule has 1 atom stereocenters. The van der Waals surface area contributed by atoms with E-state index in [1.165, 1.54) is 28.9 Å². The van der Waals surface area contributed by atoms with E-state index in [0.29, 0.717) is 44.7 Å². The van der Waals surface area contributed by atoms with Gasteiger partial charge in [-0.15, -0.1) is 11.6 Å². The molecule has 12 heteroatoms. The Morgan fingerprint density at radius 3 is 1.98 bits per heavy atom. The van der Waals surface area contributed by atoms with Gasteiger partial charge in [-0.25, -0.2) is 9.24 Å². The Bertz CT molecular complexity index is 1230. The van der Waals surface area contributed by atoms with E-state index in [-0.39, 0.29) is 25.4 Å². The fourth-order valence-electron chi connectivity index (χ4n) is 4.47. The number of rotatable bonds is 26. The monoisotopic (exact) mass is 684 g/mol. The highest BCUT2D eigenvalue weighted by molar-refractivity contribution is 7.51. The third-order valence-electron chi connectivity index (χ3n) is 7.22. The first-order chi connectivity index (χ1) is 21.9. The van der Waals surface area contributed by atoms with E-state index in [9.17, 15) is 19.5 Å². The largest absolute Gasteiger partial charge is 0.481 e. The molecule has 1 N–H and O–H groups in total. The number of carboxylic acid groups (broad SMARTS) is 1. The number of furan rings is 1. The molecule has 0 aromatic carbocycles. The van der Waals surface area contributed by atoms with Gasteiger partial charge in [0.15, 0.2) is 0 Å². The van der Waals surface area contributed by atoms with Crippen molar-refractivity contribution in [3.05, 3.63) is 74.6 Å². The summed E-state index contributed by atoms with van der Waals surface area (Å²) < 4.78 is 32.7. The van der Waals surface area contributed by atoms with E-state index < -0.39 is 24.5 Å². The fourth-order valence-corrected chi connectivity index (χ4v) is 6.38. The lowest BCUT2D eigenvalue weighted by Crippen LogP contribution is -2.26. The van der Waals surface area contributed by atoms with Crippen molar-refractivity contribution in [2.45, 2.75) is 112 Å². The molecule has 46 heavy (non-hydrogen) atoms. The molecule has 1 aromatic heterocycles. The molecule has 0 saturated carbocycles. The second-order valence-electron chi connectivity index (χ2n) is 11.8. The van der Waals surface area contributed by atoms with Gasteiger partial charge in [0.05, 0.1) is 12.7 Å². The first kappa shape index (κ1) is 41.5. The molecule has 260 valence electrons. The number of carboxylic acids is 1. The maximum atomic E-state index is 14.2. The average molecular weight is 685 g/mol. The summed E-state index contributed by atoms with van der Waals surface area (Å²) in [7, 11) is -3.90. The molecule has 0 bridgehead atoms. The topological polar surface area (TPSA) is 132 Å². The second-order valence-corrected chi connectivity index (χ2v) is 14.2. The van der Waals surface area contributed by atoms with Crippen molar-refractivity contribution in [3.63, 3.8) is 0 Å². The summed E-state index contributed by atoms with van der Waals surface area (Å²) in [6, 6.07) is 2.61. The molecule has 0 saturated heterocycles. The van der Waals surface area contributed by atoms with Crippen molar-refractivity contribution in [2.75, 3.05) is 25.6 Å². The minimum Gasteiger partial charge on any atom is -0.481 e.